The Labute approximate surface area is 126 Å². The third-order valence-corrected chi connectivity index (χ3v) is 3.33. The second-order valence-corrected chi connectivity index (χ2v) is 5.35. The molecule has 2 rings (SSSR count). The monoisotopic (exact) mass is 285 g/mol. The first-order chi connectivity index (χ1) is 10.1. The first kappa shape index (κ1) is 15.5. The second-order valence-electron chi connectivity index (χ2n) is 5.35. The first-order valence-electron chi connectivity index (χ1n) is 7.28. The smallest absolute Gasteiger partial charge is 0.122 e. The number of aryl methyl sites for hydroxylation is 2. The summed E-state index contributed by atoms with van der Waals surface area (Å²) in [4.78, 5) is 0. The van der Waals surface area contributed by atoms with Crippen LogP contribution in [-0.4, -0.2) is 24.4 Å². The molecule has 0 aromatic heterocycles. The van der Waals surface area contributed by atoms with E-state index in [1.54, 1.807) is 0 Å². The van der Waals surface area contributed by atoms with Crippen molar-refractivity contribution in [2.75, 3.05) is 13.2 Å². The van der Waals surface area contributed by atoms with Crippen molar-refractivity contribution in [2.24, 2.45) is 0 Å². The molecule has 21 heavy (non-hydrogen) atoms. The fourth-order valence-corrected chi connectivity index (χ4v) is 2.09. The number of rotatable bonds is 7. The van der Waals surface area contributed by atoms with Crippen LogP contribution >= 0.6 is 0 Å². The highest BCUT2D eigenvalue weighted by Crippen LogP contribution is 2.19. The van der Waals surface area contributed by atoms with E-state index in [2.05, 4.69) is 23.5 Å². The Morgan fingerprint density at radius 1 is 1.10 bits per heavy atom. The van der Waals surface area contributed by atoms with Gasteiger partial charge in [0.1, 0.15) is 18.5 Å². The molecule has 0 aliphatic rings. The van der Waals surface area contributed by atoms with Crippen LogP contribution in [0.4, 0.5) is 0 Å². The molecule has 1 atom stereocenters. The van der Waals surface area contributed by atoms with E-state index in [1.807, 2.05) is 44.2 Å². The second kappa shape index (κ2) is 7.81. The summed E-state index contributed by atoms with van der Waals surface area (Å²) in [6.45, 7) is 5.60. The summed E-state index contributed by atoms with van der Waals surface area (Å²) in [7, 11) is 0. The van der Waals surface area contributed by atoms with E-state index < -0.39 is 6.10 Å². The Bertz CT molecular complexity index is 554. The zero-order valence-electron chi connectivity index (χ0n) is 12.7. The number of hydrogen-bond acceptors (Lipinski definition) is 3. The molecule has 3 nitrogen and oxygen atoms in total. The lowest BCUT2D eigenvalue weighted by molar-refractivity contribution is 0.106. The van der Waals surface area contributed by atoms with Crippen LogP contribution in [0.15, 0.2) is 48.5 Å². The summed E-state index contributed by atoms with van der Waals surface area (Å²) in [5.41, 5.74) is 3.46. The van der Waals surface area contributed by atoms with E-state index in [-0.39, 0.29) is 0 Å². The van der Waals surface area contributed by atoms with Gasteiger partial charge < -0.3 is 15.2 Å². The van der Waals surface area contributed by atoms with Gasteiger partial charge in [-0.3, -0.25) is 0 Å². The van der Waals surface area contributed by atoms with Crippen LogP contribution in [0.5, 0.6) is 5.75 Å². The fourth-order valence-electron chi connectivity index (χ4n) is 2.09. The summed E-state index contributed by atoms with van der Waals surface area (Å²) in [6.07, 6.45) is -0.520. The minimum atomic E-state index is -0.520. The molecule has 2 aromatic rings. The van der Waals surface area contributed by atoms with Gasteiger partial charge in [-0.1, -0.05) is 42.5 Å². The average Bonchev–Trinajstić information content (AvgIpc) is 2.49. The van der Waals surface area contributed by atoms with Crippen LogP contribution in [0.25, 0.3) is 0 Å². The molecule has 0 bridgehead atoms. The third-order valence-electron chi connectivity index (χ3n) is 3.33. The summed E-state index contributed by atoms with van der Waals surface area (Å²) >= 11 is 0. The van der Waals surface area contributed by atoms with Crippen LogP contribution in [0.1, 0.15) is 16.7 Å². The highest BCUT2D eigenvalue weighted by Gasteiger charge is 2.06. The van der Waals surface area contributed by atoms with Crippen LogP contribution in [0, 0.1) is 13.8 Å². The zero-order valence-corrected chi connectivity index (χ0v) is 12.7. The lowest BCUT2D eigenvalue weighted by atomic mass is 10.1. The molecule has 2 N–H and O–H groups in total. The van der Waals surface area contributed by atoms with Crippen molar-refractivity contribution < 1.29 is 9.84 Å². The van der Waals surface area contributed by atoms with Crippen molar-refractivity contribution in [2.45, 2.75) is 26.5 Å². The molecule has 112 valence electrons. The zero-order chi connectivity index (χ0) is 15.1. The van der Waals surface area contributed by atoms with Gasteiger partial charge in [0, 0.05) is 13.1 Å². The molecule has 0 heterocycles. The summed E-state index contributed by atoms with van der Waals surface area (Å²) in [6, 6.07) is 16.2. The molecule has 2 aromatic carbocycles. The Morgan fingerprint density at radius 2 is 1.86 bits per heavy atom. The molecule has 3 heteroatoms. The maximum atomic E-state index is 9.96. The van der Waals surface area contributed by atoms with E-state index in [0.717, 1.165) is 23.4 Å². The van der Waals surface area contributed by atoms with Gasteiger partial charge in [0.25, 0.3) is 0 Å². The highest BCUT2D eigenvalue weighted by molar-refractivity contribution is 5.35. The quantitative estimate of drug-likeness (QED) is 0.822. The fraction of sp³-hybridized carbons (Fsp3) is 0.333. The number of aliphatic hydroxyl groups excluding tert-OH is 1. The van der Waals surface area contributed by atoms with Gasteiger partial charge >= 0.3 is 0 Å². The van der Waals surface area contributed by atoms with Gasteiger partial charge in [0.15, 0.2) is 0 Å². The molecule has 0 amide bonds. The molecule has 0 spiro atoms. The minimum absolute atomic E-state index is 0.298. The number of nitrogens with one attached hydrogen (secondary N) is 1. The highest BCUT2D eigenvalue weighted by atomic mass is 16.5. The molecule has 1 unspecified atom stereocenters. The predicted molar refractivity (Wildman–Crippen MR) is 85.6 cm³/mol. The van der Waals surface area contributed by atoms with Crippen molar-refractivity contribution in [3.8, 4) is 5.75 Å². The van der Waals surface area contributed by atoms with Crippen molar-refractivity contribution in [3.63, 3.8) is 0 Å². The Balaban J connectivity index is 1.72. The first-order valence-corrected chi connectivity index (χ1v) is 7.28. The Morgan fingerprint density at radius 3 is 2.62 bits per heavy atom. The minimum Gasteiger partial charge on any atom is -0.491 e. The van der Waals surface area contributed by atoms with Crippen LogP contribution in [0.3, 0.4) is 0 Å². The number of hydrogen-bond donors (Lipinski definition) is 2. The predicted octanol–water partition coefficient (Wildman–Crippen LogP) is 2.83. The standard InChI is InChI=1S/C18H23NO2/c1-14-8-9-15(2)18(10-14)21-13-17(20)12-19-11-16-6-4-3-5-7-16/h3-10,17,19-20H,11-13H2,1-2H3. The van der Waals surface area contributed by atoms with Crippen molar-refractivity contribution in [1.82, 2.24) is 5.32 Å². The van der Waals surface area contributed by atoms with Gasteiger partial charge in [-0.25, -0.2) is 0 Å². The van der Waals surface area contributed by atoms with E-state index in [4.69, 9.17) is 4.74 Å². The van der Waals surface area contributed by atoms with Gasteiger partial charge in [-0.2, -0.15) is 0 Å². The lowest BCUT2D eigenvalue weighted by Gasteiger charge is -2.15. The number of benzene rings is 2. The molecule has 0 saturated carbocycles. The van der Waals surface area contributed by atoms with Crippen molar-refractivity contribution >= 4 is 0 Å². The number of ether oxygens (including phenoxy) is 1. The SMILES string of the molecule is Cc1ccc(C)c(OCC(O)CNCc2ccccc2)c1. The summed E-state index contributed by atoms with van der Waals surface area (Å²) in [5.74, 6) is 0.845. The average molecular weight is 285 g/mol. The molecule has 0 aliphatic heterocycles. The van der Waals surface area contributed by atoms with E-state index in [9.17, 15) is 5.11 Å². The summed E-state index contributed by atoms with van der Waals surface area (Å²) in [5, 5.41) is 13.2. The van der Waals surface area contributed by atoms with Gasteiger partial charge in [0.2, 0.25) is 0 Å². The number of aliphatic hydroxyl groups is 1. The van der Waals surface area contributed by atoms with Crippen LogP contribution in [0.2, 0.25) is 0 Å². The molecule has 0 radical (unpaired) electrons. The van der Waals surface area contributed by atoms with Gasteiger partial charge in [-0.15, -0.1) is 0 Å². The normalized spacial score (nSPS) is 12.1. The molecule has 0 saturated heterocycles. The largest absolute Gasteiger partial charge is 0.491 e. The maximum absolute atomic E-state index is 9.96. The topological polar surface area (TPSA) is 41.5 Å². The molecular formula is C18H23NO2. The maximum Gasteiger partial charge on any atom is 0.122 e. The Kier molecular flexibility index (Phi) is 5.78. The van der Waals surface area contributed by atoms with E-state index in [0.29, 0.717) is 13.2 Å². The van der Waals surface area contributed by atoms with Crippen molar-refractivity contribution in [3.05, 3.63) is 65.2 Å². The van der Waals surface area contributed by atoms with Crippen LogP contribution in [-0.2, 0) is 6.54 Å². The van der Waals surface area contributed by atoms with Gasteiger partial charge in [0.05, 0.1) is 0 Å². The van der Waals surface area contributed by atoms with Crippen LogP contribution < -0.4 is 10.1 Å². The third kappa shape index (κ3) is 5.21. The lowest BCUT2D eigenvalue weighted by Crippen LogP contribution is -2.31. The molecule has 0 fully saturated rings. The van der Waals surface area contributed by atoms with Crippen molar-refractivity contribution in [1.29, 1.82) is 0 Å². The molecule has 0 aliphatic carbocycles. The van der Waals surface area contributed by atoms with E-state index >= 15 is 0 Å². The Hall–Kier alpha value is -1.84. The molecular weight excluding hydrogens is 262 g/mol. The van der Waals surface area contributed by atoms with E-state index in [1.165, 1.54) is 5.56 Å². The summed E-state index contributed by atoms with van der Waals surface area (Å²) < 4.78 is 5.69. The van der Waals surface area contributed by atoms with Gasteiger partial charge in [-0.05, 0) is 36.6 Å².